The standard InChI is InChI=1S/C84H154N4O25/c1-4-7-10-13-16-19-22-25-28-31-34-37-40-45-74(89)68-113-84(71-111-81(102)46-41-38-35-32-29-26-23-20-17-14-11-8-5-2,72-112-82(103)47-42-39-36-33-30-27-24-21-18-15-12-9-6-3)70-109-53-44-43-52-105-54-55-106-56-57-107-58-59-108-69-83(104)110-67-73(88(65-79(98)99)66-80(100)101)60-86(62-76(92)93)50-48-85(61-75(90)91)49-51-87(63-77(94)95)64-78(96)97/h73H,4-72H2,1-3H3,(H,90,91)(H,92,93)(H,94,95)(H,96,97)(H,98,99)(H,100,101). The number of carboxylic acids is 6. The summed E-state index contributed by atoms with van der Waals surface area (Å²) in [5, 5.41) is 57.0. The summed E-state index contributed by atoms with van der Waals surface area (Å²) in [5.41, 5.74) is -1.41. The number of unbranched alkanes of at least 4 members (excludes halogenated alkanes) is 37. The minimum atomic E-state index is -1.44. The fourth-order valence-corrected chi connectivity index (χ4v) is 13.0. The maximum Gasteiger partial charge on any atom is 0.332 e. The number of rotatable bonds is 90. The number of aliphatic carboxylic acids is 6. The Morgan fingerprint density at radius 3 is 0.956 bits per heavy atom. The van der Waals surface area contributed by atoms with Crippen molar-refractivity contribution in [1.29, 1.82) is 0 Å². The van der Waals surface area contributed by atoms with Crippen molar-refractivity contribution in [3.8, 4) is 0 Å². The number of hydrogen-bond acceptors (Lipinski definition) is 23. The van der Waals surface area contributed by atoms with Gasteiger partial charge in [0.2, 0.25) is 0 Å². The lowest BCUT2D eigenvalue weighted by Crippen LogP contribution is -2.52. The van der Waals surface area contributed by atoms with E-state index in [0.717, 1.165) is 74.0 Å². The molecule has 0 radical (unpaired) electrons. The first-order chi connectivity index (χ1) is 54.6. The van der Waals surface area contributed by atoms with Crippen LogP contribution in [0.5, 0.6) is 0 Å². The van der Waals surface area contributed by atoms with Crippen LogP contribution in [0.15, 0.2) is 0 Å². The molecule has 0 aromatic carbocycles. The van der Waals surface area contributed by atoms with Crippen molar-refractivity contribution in [3.63, 3.8) is 0 Å². The predicted molar refractivity (Wildman–Crippen MR) is 431 cm³/mol. The number of carbonyl (C=O) groups excluding carboxylic acids is 4. The number of Topliss-reactive ketones (excluding diaryl/α,β-unsaturated/α-hetero) is 1. The number of nitrogens with zero attached hydrogens (tertiary/aromatic N) is 4. The van der Waals surface area contributed by atoms with Gasteiger partial charge in [0.1, 0.15) is 33.0 Å². The lowest BCUT2D eigenvalue weighted by atomic mass is 10.0. The molecule has 0 aromatic heterocycles. The van der Waals surface area contributed by atoms with Gasteiger partial charge in [-0.2, -0.15) is 0 Å². The van der Waals surface area contributed by atoms with Crippen LogP contribution in [0.25, 0.3) is 0 Å². The molecular weight excluding hydrogens is 1460 g/mol. The summed E-state index contributed by atoms with van der Waals surface area (Å²) in [4.78, 5) is 128. The van der Waals surface area contributed by atoms with Crippen LogP contribution in [0, 0.1) is 0 Å². The second kappa shape index (κ2) is 77.7. The Morgan fingerprint density at radius 2 is 0.584 bits per heavy atom. The van der Waals surface area contributed by atoms with Gasteiger partial charge in [0.15, 0.2) is 11.4 Å². The zero-order valence-corrected chi connectivity index (χ0v) is 70.1. The molecule has 0 aliphatic heterocycles. The van der Waals surface area contributed by atoms with E-state index < -0.39 is 106 Å². The number of hydrogen-bond donors (Lipinski definition) is 6. The Balaban J connectivity index is 5.55. The van der Waals surface area contributed by atoms with Gasteiger partial charge in [-0.25, -0.2) is 4.79 Å². The van der Waals surface area contributed by atoms with Gasteiger partial charge in [-0.15, -0.1) is 0 Å². The molecule has 113 heavy (non-hydrogen) atoms. The van der Waals surface area contributed by atoms with Crippen molar-refractivity contribution in [1.82, 2.24) is 19.6 Å². The molecule has 29 heteroatoms. The van der Waals surface area contributed by atoms with E-state index in [1.54, 1.807) is 0 Å². The Hall–Kier alpha value is -5.50. The van der Waals surface area contributed by atoms with Gasteiger partial charge in [-0.1, -0.05) is 252 Å². The molecule has 0 fully saturated rings. The van der Waals surface area contributed by atoms with Crippen LogP contribution < -0.4 is 0 Å². The molecule has 0 aliphatic rings. The Morgan fingerprint density at radius 1 is 0.283 bits per heavy atom. The first-order valence-corrected chi connectivity index (χ1v) is 43.4. The molecule has 1 atom stereocenters. The van der Waals surface area contributed by atoms with Gasteiger partial charge >= 0.3 is 53.7 Å². The van der Waals surface area contributed by atoms with Gasteiger partial charge in [0.25, 0.3) is 0 Å². The number of carbonyl (C=O) groups is 10. The lowest BCUT2D eigenvalue weighted by molar-refractivity contribution is -0.185. The van der Waals surface area contributed by atoms with Crippen LogP contribution in [0.2, 0.25) is 0 Å². The molecule has 0 bridgehead atoms. The quantitative estimate of drug-likeness (QED) is 0.0187. The van der Waals surface area contributed by atoms with Crippen LogP contribution in [0.1, 0.15) is 303 Å². The maximum atomic E-state index is 13.5. The normalized spacial score (nSPS) is 12.0. The third kappa shape index (κ3) is 73.8. The van der Waals surface area contributed by atoms with Gasteiger partial charge in [0, 0.05) is 65.2 Å². The van der Waals surface area contributed by atoms with E-state index in [9.17, 15) is 78.6 Å². The second-order valence-electron chi connectivity index (χ2n) is 30.3. The average molecular weight is 1620 g/mol. The molecule has 0 spiro atoms. The first-order valence-electron chi connectivity index (χ1n) is 43.4. The summed E-state index contributed by atoms with van der Waals surface area (Å²) in [6.07, 6.45) is 48.5. The van der Waals surface area contributed by atoms with Crippen molar-refractivity contribution in [2.45, 2.75) is 315 Å². The van der Waals surface area contributed by atoms with Crippen LogP contribution in [0.4, 0.5) is 0 Å². The Labute approximate surface area is 676 Å². The summed E-state index contributed by atoms with van der Waals surface area (Å²) in [7, 11) is 0. The molecule has 0 rings (SSSR count). The SMILES string of the molecule is CCCCCCCCCCCCCCCC(=O)COC(COCCCCOCCOCCOCCOCC(=O)OCC(CN(CCN(CCN(CC(=O)O)CC(=O)O)CC(=O)O)CC(=O)O)N(CC(=O)O)CC(=O)O)(COC(=O)CCCCCCCCCCCCCCC)COC(=O)CCCCCCCCCCCCCCC. The highest BCUT2D eigenvalue weighted by atomic mass is 16.6. The molecule has 29 nitrogen and oxygen atoms in total. The van der Waals surface area contributed by atoms with E-state index in [0.29, 0.717) is 51.9 Å². The van der Waals surface area contributed by atoms with E-state index >= 15 is 0 Å². The topological polar surface area (TPSA) is 388 Å². The van der Waals surface area contributed by atoms with Crippen LogP contribution in [-0.2, 0) is 90.6 Å². The smallest absolute Gasteiger partial charge is 0.332 e. The van der Waals surface area contributed by atoms with E-state index in [-0.39, 0.29) is 123 Å². The summed E-state index contributed by atoms with van der Waals surface area (Å²) in [5.74, 6) is -9.89. The summed E-state index contributed by atoms with van der Waals surface area (Å²) in [6, 6.07) is -1.22. The Bertz CT molecular complexity index is 2250. The Kier molecular flexibility index (Phi) is 73.9. The summed E-state index contributed by atoms with van der Waals surface area (Å²) >= 11 is 0. The van der Waals surface area contributed by atoms with Gasteiger partial charge in [-0.05, 0) is 32.1 Å². The van der Waals surface area contributed by atoms with E-state index in [1.165, 1.54) is 183 Å². The lowest BCUT2D eigenvalue weighted by Gasteiger charge is -2.34. The van der Waals surface area contributed by atoms with E-state index in [2.05, 4.69) is 20.8 Å². The van der Waals surface area contributed by atoms with Gasteiger partial charge < -0.3 is 73.3 Å². The van der Waals surface area contributed by atoms with Crippen LogP contribution >= 0.6 is 0 Å². The fourth-order valence-electron chi connectivity index (χ4n) is 13.0. The molecule has 0 aliphatic carbocycles. The van der Waals surface area contributed by atoms with Crippen molar-refractivity contribution >= 4 is 59.5 Å². The van der Waals surface area contributed by atoms with E-state index in [4.69, 9.17) is 42.6 Å². The maximum absolute atomic E-state index is 13.5. The van der Waals surface area contributed by atoms with Crippen LogP contribution in [-0.4, -0.2) is 286 Å². The largest absolute Gasteiger partial charge is 0.480 e. The number of esters is 3. The van der Waals surface area contributed by atoms with Crippen molar-refractivity contribution in [2.75, 3.05) is 164 Å². The van der Waals surface area contributed by atoms with Crippen LogP contribution in [0.3, 0.4) is 0 Å². The molecule has 0 saturated carbocycles. The molecule has 0 amide bonds. The summed E-state index contributed by atoms with van der Waals surface area (Å²) in [6.45, 7) is 1.07. The highest BCUT2D eigenvalue weighted by Crippen LogP contribution is 2.21. The minimum Gasteiger partial charge on any atom is -0.480 e. The average Bonchev–Trinajstić information content (AvgIpc) is 0.868. The monoisotopic (exact) mass is 1620 g/mol. The third-order valence-corrected chi connectivity index (χ3v) is 19.6. The zero-order chi connectivity index (χ0) is 83.3. The molecular formula is C84H154N4O25. The highest BCUT2D eigenvalue weighted by molar-refractivity contribution is 5.79. The predicted octanol–water partition coefficient (Wildman–Crippen LogP) is 13.3. The third-order valence-electron chi connectivity index (χ3n) is 19.6. The number of carboxylic acid groups (broad SMARTS) is 6. The van der Waals surface area contributed by atoms with Crippen molar-refractivity contribution in [3.05, 3.63) is 0 Å². The van der Waals surface area contributed by atoms with Gasteiger partial charge in [-0.3, -0.25) is 62.8 Å². The molecule has 6 N–H and O–H groups in total. The van der Waals surface area contributed by atoms with Gasteiger partial charge in [0.05, 0.1) is 91.6 Å². The van der Waals surface area contributed by atoms with Crippen molar-refractivity contribution in [2.24, 2.45) is 0 Å². The molecule has 0 heterocycles. The zero-order valence-electron chi connectivity index (χ0n) is 70.1. The van der Waals surface area contributed by atoms with E-state index in [1.807, 2.05) is 0 Å². The summed E-state index contributed by atoms with van der Waals surface area (Å²) < 4.78 is 52.3. The second-order valence-corrected chi connectivity index (χ2v) is 30.3. The molecule has 660 valence electrons. The number of ketones is 1. The first kappa shape index (κ1) is 108. The minimum absolute atomic E-state index is 0.0492. The molecule has 1 unspecified atom stereocenters. The molecule has 0 aromatic rings. The highest BCUT2D eigenvalue weighted by Gasteiger charge is 2.37. The number of ether oxygens (including phenoxy) is 9. The molecule has 0 saturated heterocycles. The van der Waals surface area contributed by atoms with Crippen molar-refractivity contribution < 1.29 is 121 Å². The fraction of sp³-hybridized carbons (Fsp3) is 0.881.